The fourth-order valence-electron chi connectivity index (χ4n) is 2.92. The number of nitrogens with one attached hydrogen (secondary N) is 1. The summed E-state index contributed by atoms with van der Waals surface area (Å²) in [6.45, 7) is 1.66. The van der Waals surface area contributed by atoms with Crippen LogP contribution >= 0.6 is 11.3 Å². The molecule has 0 aliphatic heterocycles. The van der Waals surface area contributed by atoms with Gasteiger partial charge in [0, 0.05) is 29.5 Å². The van der Waals surface area contributed by atoms with Crippen LogP contribution in [0.1, 0.15) is 31.0 Å². The number of hydrogen-bond donors (Lipinski definition) is 2. The molecule has 3 aromatic heterocycles. The molecule has 8 nitrogen and oxygen atoms in total. The molecule has 0 spiro atoms. The van der Waals surface area contributed by atoms with Gasteiger partial charge in [-0.25, -0.2) is 13.4 Å². The monoisotopic (exact) mass is 429 g/mol. The van der Waals surface area contributed by atoms with Crippen LogP contribution in [-0.2, 0) is 20.2 Å². The molecule has 1 saturated carbocycles. The smallest absolute Gasteiger partial charge is 0.237 e. The van der Waals surface area contributed by atoms with Crippen LogP contribution in [0.15, 0.2) is 48.2 Å². The van der Waals surface area contributed by atoms with E-state index in [1.807, 2.05) is 12.1 Å². The van der Waals surface area contributed by atoms with Gasteiger partial charge in [0.2, 0.25) is 15.9 Å². The van der Waals surface area contributed by atoms with E-state index in [-0.39, 0.29) is 10.4 Å². The van der Waals surface area contributed by atoms with Crippen molar-refractivity contribution in [3.63, 3.8) is 0 Å². The minimum absolute atomic E-state index is 0.222. The lowest BCUT2D eigenvalue weighted by atomic mass is 9.80. The molecule has 29 heavy (non-hydrogen) atoms. The van der Waals surface area contributed by atoms with Gasteiger partial charge in [0.15, 0.2) is 5.13 Å². The Labute approximate surface area is 172 Å². The fourth-order valence-corrected chi connectivity index (χ4v) is 5.34. The highest BCUT2D eigenvalue weighted by Gasteiger charge is 2.40. The summed E-state index contributed by atoms with van der Waals surface area (Å²) in [4.78, 5) is 25.3. The van der Waals surface area contributed by atoms with Gasteiger partial charge < -0.3 is 5.73 Å². The van der Waals surface area contributed by atoms with Crippen LogP contribution < -0.4 is 10.5 Å². The van der Waals surface area contributed by atoms with E-state index in [1.54, 1.807) is 43.0 Å². The highest BCUT2D eigenvalue weighted by atomic mass is 32.2. The van der Waals surface area contributed by atoms with E-state index in [0.29, 0.717) is 29.8 Å². The first kappa shape index (κ1) is 19.5. The van der Waals surface area contributed by atoms with Gasteiger partial charge in [-0.15, -0.1) is 11.3 Å². The van der Waals surface area contributed by atoms with Gasteiger partial charge in [0.05, 0.1) is 16.6 Å². The number of aromatic nitrogens is 3. The molecule has 3 N–H and O–H groups in total. The molecule has 150 valence electrons. The zero-order valence-corrected chi connectivity index (χ0v) is 17.2. The summed E-state index contributed by atoms with van der Waals surface area (Å²) >= 11 is 1.12. The molecule has 1 fully saturated rings. The number of carbonyl (C=O) groups is 1. The lowest BCUT2D eigenvalue weighted by Crippen LogP contribution is -2.40. The summed E-state index contributed by atoms with van der Waals surface area (Å²) in [5.41, 5.74) is 6.99. The maximum atomic E-state index is 12.4. The van der Waals surface area contributed by atoms with Crippen LogP contribution in [0.3, 0.4) is 0 Å². The third-order valence-corrected chi connectivity index (χ3v) is 7.71. The van der Waals surface area contributed by atoms with Gasteiger partial charge in [-0.2, -0.15) is 0 Å². The number of nitrogens with zero attached hydrogens (tertiary/aromatic N) is 3. The molecule has 0 bridgehead atoms. The molecule has 4 rings (SSSR count). The number of primary amides is 1. The van der Waals surface area contributed by atoms with Gasteiger partial charge in [0.1, 0.15) is 5.41 Å². The number of carbonyl (C=O) groups excluding carboxylic acids is 1. The van der Waals surface area contributed by atoms with Gasteiger partial charge in [-0.1, -0.05) is 6.07 Å². The van der Waals surface area contributed by atoms with E-state index in [2.05, 4.69) is 19.7 Å². The zero-order chi connectivity index (χ0) is 20.6. The van der Waals surface area contributed by atoms with Gasteiger partial charge in [0.25, 0.3) is 0 Å². The summed E-state index contributed by atoms with van der Waals surface area (Å²) in [5.74, 6) is -0.602. The molecular weight excluding hydrogens is 410 g/mol. The number of pyridine rings is 2. The number of anilines is 1. The lowest BCUT2D eigenvalue weighted by molar-refractivity contribution is -0.121. The van der Waals surface area contributed by atoms with Crippen molar-refractivity contribution in [2.45, 2.75) is 30.4 Å². The molecule has 1 amide bonds. The van der Waals surface area contributed by atoms with Gasteiger partial charge in [-0.3, -0.25) is 19.5 Å². The Bertz CT molecular complexity index is 1140. The van der Waals surface area contributed by atoms with Crippen LogP contribution in [-0.4, -0.2) is 34.5 Å². The highest BCUT2D eigenvalue weighted by Crippen LogP contribution is 2.36. The normalized spacial score (nSPS) is 16.2. The summed E-state index contributed by atoms with van der Waals surface area (Å²) in [6, 6.07) is 7.27. The Morgan fingerprint density at radius 2 is 2.07 bits per heavy atom. The second-order valence-corrected chi connectivity index (χ2v) is 9.87. The van der Waals surface area contributed by atoms with Crippen LogP contribution in [0, 0.1) is 0 Å². The quantitative estimate of drug-likeness (QED) is 0.593. The predicted octanol–water partition coefficient (Wildman–Crippen LogP) is 2.30. The molecule has 3 aromatic rings. The average molecular weight is 430 g/mol. The first-order valence-electron chi connectivity index (χ1n) is 8.95. The molecule has 0 saturated heterocycles. The van der Waals surface area contributed by atoms with E-state index >= 15 is 0 Å². The first-order chi connectivity index (χ1) is 13.8. The highest BCUT2D eigenvalue weighted by molar-refractivity contribution is 7.93. The predicted molar refractivity (Wildman–Crippen MR) is 111 cm³/mol. The number of amides is 1. The molecular formula is C19H19N5O3S2. The number of thiazole rings is 1. The van der Waals surface area contributed by atoms with Crippen molar-refractivity contribution in [2.24, 2.45) is 5.73 Å². The summed E-state index contributed by atoms with van der Waals surface area (Å²) in [5, 5.41) is 1.51. The second-order valence-electron chi connectivity index (χ2n) is 7.05. The second kappa shape index (κ2) is 7.20. The van der Waals surface area contributed by atoms with Crippen LogP contribution in [0.25, 0.3) is 11.3 Å². The molecule has 1 unspecified atom stereocenters. The topological polar surface area (TPSA) is 128 Å². The number of rotatable bonds is 7. The molecule has 3 heterocycles. The van der Waals surface area contributed by atoms with Crippen LogP contribution in [0.2, 0.25) is 0 Å². The van der Waals surface area contributed by atoms with E-state index in [0.717, 1.165) is 16.9 Å². The molecule has 1 atom stereocenters. The van der Waals surface area contributed by atoms with Crippen molar-refractivity contribution < 1.29 is 13.2 Å². The first-order valence-corrected chi connectivity index (χ1v) is 11.4. The summed E-state index contributed by atoms with van der Waals surface area (Å²) in [6.07, 6.45) is 6.27. The minimum atomic E-state index is -3.43. The minimum Gasteiger partial charge on any atom is -0.369 e. The van der Waals surface area contributed by atoms with Crippen molar-refractivity contribution in [1.29, 1.82) is 0 Å². The fraction of sp³-hybridized carbons (Fsp3) is 0.263. The third-order valence-electron chi connectivity index (χ3n) is 5.00. The van der Waals surface area contributed by atoms with E-state index in [1.165, 1.54) is 0 Å². The average Bonchev–Trinajstić information content (AvgIpc) is 3.49. The van der Waals surface area contributed by atoms with E-state index in [4.69, 9.17) is 5.73 Å². The maximum Gasteiger partial charge on any atom is 0.237 e. The van der Waals surface area contributed by atoms with Crippen molar-refractivity contribution in [1.82, 2.24) is 15.0 Å². The van der Waals surface area contributed by atoms with E-state index < -0.39 is 21.3 Å². The van der Waals surface area contributed by atoms with Crippen LogP contribution in [0.4, 0.5) is 5.13 Å². The Morgan fingerprint density at radius 3 is 2.66 bits per heavy atom. The van der Waals surface area contributed by atoms with E-state index in [9.17, 15) is 13.2 Å². The van der Waals surface area contributed by atoms with Crippen molar-refractivity contribution in [2.75, 3.05) is 4.72 Å². The SMILES string of the molecule is CC(C(N)=O)(c1ccc(-c2cccnc2)nc1)c1csc(NS(=O)(=O)C2CC2)n1. The Kier molecular flexibility index (Phi) is 4.83. The lowest BCUT2D eigenvalue weighted by Gasteiger charge is -2.24. The number of nitrogens with two attached hydrogens (primary N) is 1. The molecule has 0 aromatic carbocycles. The third kappa shape index (κ3) is 3.73. The van der Waals surface area contributed by atoms with Crippen LogP contribution in [0.5, 0.6) is 0 Å². The largest absolute Gasteiger partial charge is 0.369 e. The molecule has 1 aliphatic rings. The number of sulfonamides is 1. The Morgan fingerprint density at radius 1 is 1.28 bits per heavy atom. The van der Waals surface area contributed by atoms with Crippen molar-refractivity contribution in [3.05, 3.63) is 59.5 Å². The summed E-state index contributed by atoms with van der Waals surface area (Å²) < 4.78 is 26.8. The van der Waals surface area contributed by atoms with Crippen molar-refractivity contribution in [3.8, 4) is 11.3 Å². The van der Waals surface area contributed by atoms with Crippen molar-refractivity contribution >= 4 is 32.4 Å². The standard InChI is InChI=1S/C19H19N5O3S2/c1-19(17(20)25,13-4-7-15(22-10-13)12-3-2-8-21-9-12)16-11-28-18(23-16)24-29(26,27)14-5-6-14/h2-4,7-11,14H,5-6H2,1H3,(H2,20,25)(H,23,24). The molecule has 0 radical (unpaired) electrons. The molecule has 10 heteroatoms. The Hall–Kier alpha value is -2.85. The maximum absolute atomic E-state index is 12.4. The summed E-state index contributed by atoms with van der Waals surface area (Å²) in [7, 11) is -3.43. The Balaban J connectivity index is 1.65. The number of hydrogen-bond acceptors (Lipinski definition) is 7. The van der Waals surface area contributed by atoms with Gasteiger partial charge in [-0.05, 0) is 43.5 Å². The van der Waals surface area contributed by atoms with Gasteiger partial charge >= 0.3 is 0 Å². The molecule has 1 aliphatic carbocycles. The zero-order valence-electron chi connectivity index (χ0n) is 15.6.